The van der Waals surface area contributed by atoms with Crippen LogP contribution in [0.3, 0.4) is 0 Å². The predicted molar refractivity (Wildman–Crippen MR) is 88.0 cm³/mol. The van der Waals surface area contributed by atoms with E-state index in [0.717, 1.165) is 9.79 Å². The summed E-state index contributed by atoms with van der Waals surface area (Å²) in [5.41, 5.74) is 0. The lowest BCUT2D eigenvalue weighted by Crippen LogP contribution is -2.09. The monoisotopic (exact) mass is 310 g/mol. The summed E-state index contributed by atoms with van der Waals surface area (Å²) in [7, 11) is 0. The number of benzene rings is 2. The lowest BCUT2D eigenvalue weighted by atomic mass is 10.2. The molecular formula is C17H14N2S2. The number of nitriles is 2. The third-order valence-electron chi connectivity index (χ3n) is 2.76. The summed E-state index contributed by atoms with van der Waals surface area (Å²) in [6, 6.07) is 24.3. The average molecular weight is 310 g/mol. The van der Waals surface area contributed by atoms with Crippen LogP contribution in [0.1, 0.15) is 6.42 Å². The summed E-state index contributed by atoms with van der Waals surface area (Å²) in [6.07, 6.45) is 0.548. The van der Waals surface area contributed by atoms with E-state index >= 15 is 0 Å². The second-order valence-electron chi connectivity index (χ2n) is 4.33. The van der Waals surface area contributed by atoms with Crippen molar-refractivity contribution < 1.29 is 0 Å². The van der Waals surface area contributed by atoms with Crippen molar-refractivity contribution in [3.8, 4) is 12.1 Å². The van der Waals surface area contributed by atoms with Gasteiger partial charge < -0.3 is 0 Å². The highest BCUT2D eigenvalue weighted by Gasteiger charge is 2.18. The van der Waals surface area contributed by atoms with E-state index in [1.165, 1.54) is 23.5 Å². The van der Waals surface area contributed by atoms with Crippen LogP contribution in [-0.4, -0.2) is 10.5 Å². The number of rotatable bonds is 6. The Morgan fingerprint density at radius 3 is 1.43 bits per heavy atom. The number of hydrogen-bond donors (Lipinski definition) is 0. The number of thioether (sulfide) groups is 2. The molecule has 2 unspecified atom stereocenters. The lowest BCUT2D eigenvalue weighted by molar-refractivity contribution is 0.913. The Kier molecular flexibility index (Phi) is 6.22. The van der Waals surface area contributed by atoms with Gasteiger partial charge in [0.1, 0.15) is 0 Å². The van der Waals surface area contributed by atoms with E-state index in [0.29, 0.717) is 6.42 Å². The van der Waals surface area contributed by atoms with E-state index in [-0.39, 0.29) is 10.5 Å². The van der Waals surface area contributed by atoms with Crippen LogP contribution in [0, 0.1) is 22.7 Å². The van der Waals surface area contributed by atoms with E-state index in [9.17, 15) is 10.5 Å². The molecule has 2 nitrogen and oxygen atoms in total. The summed E-state index contributed by atoms with van der Waals surface area (Å²) in [6.45, 7) is 0. The normalized spacial score (nSPS) is 12.9. The quantitative estimate of drug-likeness (QED) is 0.723. The molecule has 2 aromatic rings. The molecule has 0 spiro atoms. The molecule has 0 bridgehead atoms. The first-order chi connectivity index (χ1) is 10.3. The Morgan fingerprint density at radius 1 is 0.714 bits per heavy atom. The Hall–Kier alpha value is -1.88. The lowest BCUT2D eigenvalue weighted by Gasteiger charge is -2.13. The molecular weight excluding hydrogens is 296 g/mol. The minimum absolute atomic E-state index is 0.215. The molecule has 0 aliphatic rings. The summed E-state index contributed by atoms with van der Waals surface area (Å²) in [5, 5.41) is 18.2. The van der Waals surface area contributed by atoms with Crippen molar-refractivity contribution >= 4 is 23.5 Å². The molecule has 0 radical (unpaired) electrons. The van der Waals surface area contributed by atoms with Crippen molar-refractivity contribution in [2.24, 2.45) is 0 Å². The van der Waals surface area contributed by atoms with Gasteiger partial charge in [0, 0.05) is 9.79 Å². The zero-order valence-electron chi connectivity index (χ0n) is 11.3. The van der Waals surface area contributed by atoms with Crippen molar-refractivity contribution in [3.05, 3.63) is 60.7 Å². The molecule has 0 saturated heterocycles. The first-order valence-corrected chi connectivity index (χ1v) is 8.30. The summed E-state index contributed by atoms with van der Waals surface area (Å²) in [5.74, 6) is 0. The zero-order chi connectivity index (χ0) is 14.9. The highest BCUT2D eigenvalue weighted by atomic mass is 32.2. The van der Waals surface area contributed by atoms with Gasteiger partial charge in [-0.2, -0.15) is 10.5 Å². The van der Waals surface area contributed by atoms with Gasteiger partial charge in [-0.25, -0.2) is 0 Å². The second kappa shape index (κ2) is 8.42. The zero-order valence-corrected chi connectivity index (χ0v) is 13.0. The Labute approximate surface area is 133 Å². The van der Waals surface area contributed by atoms with E-state index in [1.54, 1.807) is 0 Å². The van der Waals surface area contributed by atoms with Crippen LogP contribution in [0.2, 0.25) is 0 Å². The molecule has 0 saturated carbocycles. The first-order valence-electron chi connectivity index (χ1n) is 6.54. The van der Waals surface area contributed by atoms with Gasteiger partial charge in [0.05, 0.1) is 22.6 Å². The largest absolute Gasteiger partial charge is 0.197 e. The summed E-state index contributed by atoms with van der Waals surface area (Å²) >= 11 is 3.03. The molecule has 0 fully saturated rings. The first kappa shape index (κ1) is 15.5. The molecule has 0 aliphatic heterocycles. The summed E-state index contributed by atoms with van der Waals surface area (Å²) in [4.78, 5) is 2.12. The van der Waals surface area contributed by atoms with Crippen LogP contribution in [0.5, 0.6) is 0 Å². The maximum atomic E-state index is 9.31. The van der Waals surface area contributed by atoms with Crippen molar-refractivity contribution in [2.75, 3.05) is 0 Å². The molecule has 2 atom stereocenters. The molecule has 0 heterocycles. The van der Waals surface area contributed by atoms with Gasteiger partial charge in [-0.3, -0.25) is 0 Å². The highest BCUT2D eigenvalue weighted by molar-refractivity contribution is 8.01. The van der Waals surface area contributed by atoms with E-state index in [2.05, 4.69) is 12.1 Å². The van der Waals surface area contributed by atoms with Gasteiger partial charge in [0.2, 0.25) is 0 Å². The van der Waals surface area contributed by atoms with Gasteiger partial charge in [-0.05, 0) is 30.7 Å². The minimum Gasteiger partial charge on any atom is -0.197 e. The van der Waals surface area contributed by atoms with Crippen LogP contribution in [0.15, 0.2) is 70.5 Å². The van der Waals surface area contributed by atoms with Gasteiger partial charge in [-0.1, -0.05) is 36.4 Å². The molecule has 0 amide bonds. The maximum Gasteiger partial charge on any atom is 0.0984 e. The number of nitrogens with zero attached hydrogens (tertiary/aromatic N) is 2. The molecule has 104 valence electrons. The second-order valence-corrected chi connectivity index (χ2v) is 6.89. The Balaban J connectivity index is 1.96. The van der Waals surface area contributed by atoms with E-state index in [4.69, 9.17) is 0 Å². The van der Waals surface area contributed by atoms with Crippen LogP contribution in [0.4, 0.5) is 0 Å². The van der Waals surface area contributed by atoms with Crippen molar-refractivity contribution in [1.29, 1.82) is 10.5 Å². The molecule has 21 heavy (non-hydrogen) atoms. The van der Waals surface area contributed by atoms with Crippen LogP contribution in [-0.2, 0) is 0 Å². The fraction of sp³-hybridized carbons (Fsp3) is 0.176. The van der Waals surface area contributed by atoms with Crippen LogP contribution < -0.4 is 0 Å². The van der Waals surface area contributed by atoms with E-state index in [1.807, 2.05) is 60.7 Å². The minimum atomic E-state index is -0.215. The van der Waals surface area contributed by atoms with Crippen molar-refractivity contribution in [3.63, 3.8) is 0 Å². The van der Waals surface area contributed by atoms with Crippen molar-refractivity contribution in [1.82, 2.24) is 0 Å². The van der Waals surface area contributed by atoms with Crippen LogP contribution in [0.25, 0.3) is 0 Å². The SMILES string of the molecule is N#CC(CC(C#N)Sc1ccccc1)Sc1ccccc1. The fourth-order valence-electron chi connectivity index (χ4n) is 1.78. The molecule has 0 aliphatic carbocycles. The molecule has 4 heteroatoms. The predicted octanol–water partition coefficient (Wildman–Crippen LogP) is 4.75. The third kappa shape index (κ3) is 5.19. The van der Waals surface area contributed by atoms with Gasteiger partial charge in [-0.15, -0.1) is 23.5 Å². The molecule has 2 rings (SSSR count). The Morgan fingerprint density at radius 2 is 1.10 bits per heavy atom. The van der Waals surface area contributed by atoms with Gasteiger partial charge in [0.25, 0.3) is 0 Å². The topological polar surface area (TPSA) is 47.6 Å². The fourth-order valence-corrected chi connectivity index (χ4v) is 3.87. The molecule has 2 aromatic carbocycles. The van der Waals surface area contributed by atoms with Gasteiger partial charge >= 0.3 is 0 Å². The third-order valence-corrected chi connectivity index (χ3v) is 5.01. The molecule has 0 aromatic heterocycles. The van der Waals surface area contributed by atoms with Gasteiger partial charge in [0.15, 0.2) is 0 Å². The number of hydrogen-bond acceptors (Lipinski definition) is 4. The smallest absolute Gasteiger partial charge is 0.0984 e. The standard InChI is InChI=1S/C17H14N2S2/c18-12-16(20-14-7-3-1-4-8-14)11-17(13-19)21-15-9-5-2-6-10-15/h1-10,16-17H,11H2. The Bertz CT molecular complexity index is 572. The maximum absolute atomic E-state index is 9.31. The highest BCUT2D eigenvalue weighted by Crippen LogP contribution is 2.31. The van der Waals surface area contributed by atoms with E-state index < -0.39 is 0 Å². The summed E-state index contributed by atoms with van der Waals surface area (Å²) < 4.78 is 0. The van der Waals surface area contributed by atoms with Crippen LogP contribution >= 0.6 is 23.5 Å². The average Bonchev–Trinajstić information content (AvgIpc) is 2.55. The molecule has 0 N–H and O–H groups in total. The van der Waals surface area contributed by atoms with Crippen molar-refractivity contribution in [2.45, 2.75) is 26.7 Å².